The molecule has 2 aliphatic heterocycles. The summed E-state index contributed by atoms with van der Waals surface area (Å²) in [5.41, 5.74) is 3.22. The number of hydrogen-bond donors (Lipinski definition) is 0. The molecule has 0 aliphatic carbocycles. The molecule has 0 amide bonds. The lowest BCUT2D eigenvalue weighted by atomic mass is 9.91. The third kappa shape index (κ3) is 3.20. The number of ketones is 1. The Morgan fingerprint density at radius 1 is 1.29 bits per heavy atom. The van der Waals surface area contributed by atoms with Crippen LogP contribution in [0.3, 0.4) is 0 Å². The third-order valence-corrected chi connectivity index (χ3v) is 4.95. The lowest BCUT2D eigenvalue weighted by molar-refractivity contribution is 0.0806. The van der Waals surface area contributed by atoms with Gasteiger partial charge in [0.25, 0.3) is 0 Å². The average molecular weight is 322 g/mol. The topological polar surface area (TPSA) is 42.4 Å². The predicted octanol–water partition coefficient (Wildman–Crippen LogP) is 3.11. The zero-order valence-electron chi connectivity index (χ0n) is 13.8. The fourth-order valence-corrected chi connectivity index (χ4v) is 3.73. The lowest BCUT2D eigenvalue weighted by Gasteiger charge is -2.32. The number of hydrogen-bond acceptors (Lipinski definition) is 4. The van der Waals surface area contributed by atoms with Gasteiger partial charge < -0.3 is 4.74 Å². The molecule has 1 unspecified atom stereocenters. The molecule has 124 valence electrons. The van der Waals surface area contributed by atoms with Gasteiger partial charge in [-0.1, -0.05) is 18.2 Å². The van der Waals surface area contributed by atoms with E-state index in [0.717, 1.165) is 51.3 Å². The number of fused-ring (bicyclic) bond motifs is 1. The number of Topliss-reactive ketones (excluding diaryl/α,β-unsaturated/α-hetero) is 1. The van der Waals surface area contributed by atoms with Crippen LogP contribution >= 0.6 is 0 Å². The molecule has 1 aromatic carbocycles. The van der Waals surface area contributed by atoms with Crippen LogP contribution in [0.1, 0.15) is 34.5 Å². The second-order valence-electron chi connectivity index (χ2n) is 6.69. The zero-order chi connectivity index (χ0) is 16.4. The highest BCUT2D eigenvalue weighted by Crippen LogP contribution is 2.27. The quantitative estimate of drug-likeness (QED) is 0.811. The van der Waals surface area contributed by atoms with Crippen LogP contribution in [-0.2, 0) is 13.0 Å². The number of rotatable bonds is 4. The Morgan fingerprint density at radius 2 is 2.25 bits per heavy atom. The fourth-order valence-electron chi connectivity index (χ4n) is 3.73. The second-order valence-corrected chi connectivity index (χ2v) is 6.69. The number of likely N-dealkylation sites (tertiary alicyclic amines) is 1. The molecule has 2 aromatic rings. The van der Waals surface area contributed by atoms with E-state index in [9.17, 15) is 4.79 Å². The average Bonchev–Trinajstić information content (AvgIpc) is 3.10. The predicted molar refractivity (Wildman–Crippen MR) is 92.2 cm³/mol. The first-order valence-electron chi connectivity index (χ1n) is 8.72. The highest BCUT2D eigenvalue weighted by molar-refractivity contribution is 5.96. The molecule has 2 aliphatic rings. The largest absolute Gasteiger partial charge is 0.493 e. The first-order chi connectivity index (χ1) is 11.8. The second kappa shape index (κ2) is 6.73. The van der Waals surface area contributed by atoms with Crippen molar-refractivity contribution in [2.75, 3.05) is 19.7 Å². The van der Waals surface area contributed by atoms with E-state index in [1.807, 2.05) is 18.2 Å². The zero-order valence-corrected chi connectivity index (χ0v) is 13.8. The summed E-state index contributed by atoms with van der Waals surface area (Å²) in [6.07, 6.45) is 4.73. The number of nitrogens with zero attached hydrogens (tertiary/aromatic N) is 2. The first-order valence-corrected chi connectivity index (χ1v) is 8.72. The summed E-state index contributed by atoms with van der Waals surface area (Å²) >= 11 is 0. The maximum Gasteiger partial charge on any atom is 0.185 e. The van der Waals surface area contributed by atoms with Crippen LogP contribution in [0, 0.1) is 5.92 Å². The van der Waals surface area contributed by atoms with Crippen LogP contribution < -0.4 is 4.74 Å². The van der Waals surface area contributed by atoms with Gasteiger partial charge >= 0.3 is 0 Å². The Bertz CT molecular complexity index is 730. The minimum absolute atomic E-state index is 0.0615. The molecule has 24 heavy (non-hydrogen) atoms. The van der Waals surface area contributed by atoms with Crippen LogP contribution in [0.25, 0.3) is 0 Å². The minimum Gasteiger partial charge on any atom is -0.493 e. The van der Waals surface area contributed by atoms with Crippen molar-refractivity contribution < 1.29 is 9.53 Å². The van der Waals surface area contributed by atoms with Crippen molar-refractivity contribution in [1.29, 1.82) is 0 Å². The summed E-state index contributed by atoms with van der Waals surface area (Å²) in [6, 6.07) is 12.0. The standard InChI is InChI=1S/C20H22N2O2/c23-20(18-5-1-2-9-21-18)17-4-3-10-22(14-17)13-15-6-7-19-16(12-15)8-11-24-19/h1-2,5-7,9,12,17H,3-4,8,10-11,13-14H2. The molecule has 0 bridgehead atoms. The Labute approximate surface area is 142 Å². The van der Waals surface area contributed by atoms with Gasteiger partial charge in [0.2, 0.25) is 0 Å². The van der Waals surface area contributed by atoms with Gasteiger partial charge in [0.15, 0.2) is 5.78 Å². The van der Waals surface area contributed by atoms with Crippen molar-refractivity contribution in [3.63, 3.8) is 0 Å². The number of pyridine rings is 1. The molecule has 4 rings (SSSR count). The molecule has 0 radical (unpaired) electrons. The van der Waals surface area contributed by atoms with Crippen LogP contribution in [0.15, 0.2) is 42.6 Å². The molecule has 4 nitrogen and oxygen atoms in total. The molecular weight excluding hydrogens is 300 g/mol. The van der Waals surface area contributed by atoms with E-state index in [1.54, 1.807) is 6.20 Å². The van der Waals surface area contributed by atoms with Crippen molar-refractivity contribution >= 4 is 5.78 Å². The first kappa shape index (κ1) is 15.3. The number of aromatic nitrogens is 1. The van der Waals surface area contributed by atoms with Crippen molar-refractivity contribution in [3.05, 3.63) is 59.4 Å². The van der Waals surface area contributed by atoms with Crippen molar-refractivity contribution in [1.82, 2.24) is 9.88 Å². The molecule has 1 aromatic heterocycles. The summed E-state index contributed by atoms with van der Waals surface area (Å²) in [7, 11) is 0. The fraction of sp³-hybridized carbons (Fsp3) is 0.400. The highest BCUT2D eigenvalue weighted by Gasteiger charge is 2.27. The summed E-state index contributed by atoms with van der Waals surface area (Å²) in [4.78, 5) is 19.3. The van der Waals surface area contributed by atoms with Crippen LogP contribution in [0.2, 0.25) is 0 Å². The van der Waals surface area contributed by atoms with Gasteiger partial charge in [0, 0.05) is 31.6 Å². The number of carbonyl (C=O) groups excluding carboxylic acids is 1. The Kier molecular flexibility index (Phi) is 4.30. The Hall–Kier alpha value is -2.20. The van der Waals surface area contributed by atoms with Gasteiger partial charge in [-0.05, 0) is 48.7 Å². The van der Waals surface area contributed by atoms with E-state index in [0.29, 0.717) is 5.69 Å². The molecule has 0 N–H and O–H groups in total. The summed E-state index contributed by atoms with van der Waals surface area (Å²) in [6.45, 7) is 3.57. The monoisotopic (exact) mass is 322 g/mol. The van der Waals surface area contributed by atoms with Crippen molar-refractivity contribution in [3.8, 4) is 5.75 Å². The molecule has 0 spiro atoms. The van der Waals surface area contributed by atoms with Crippen molar-refractivity contribution in [2.24, 2.45) is 5.92 Å². The van der Waals surface area contributed by atoms with Gasteiger partial charge in [0.05, 0.1) is 6.61 Å². The third-order valence-electron chi connectivity index (χ3n) is 4.95. The van der Waals surface area contributed by atoms with Gasteiger partial charge in [-0.25, -0.2) is 0 Å². The van der Waals surface area contributed by atoms with E-state index >= 15 is 0 Å². The summed E-state index contributed by atoms with van der Waals surface area (Å²) < 4.78 is 5.58. The molecule has 0 saturated carbocycles. The number of ether oxygens (including phenoxy) is 1. The molecule has 1 saturated heterocycles. The number of piperidine rings is 1. The Morgan fingerprint density at radius 3 is 3.12 bits per heavy atom. The van der Waals surface area contributed by atoms with Crippen LogP contribution in [-0.4, -0.2) is 35.4 Å². The molecule has 3 heterocycles. The van der Waals surface area contributed by atoms with Gasteiger partial charge in [-0.15, -0.1) is 0 Å². The number of benzene rings is 1. The molecule has 1 fully saturated rings. The minimum atomic E-state index is 0.0615. The SMILES string of the molecule is O=C(c1ccccn1)C1CCCN(Cc2ccc3c(c2)CCO3)C1. The number of carbonyl (C=O) groups is 1. The van der Waals surface area contributed by atoms with E-state index in [1.165, 1.54) is 11.1 Å². The van der Waals surface area contributed by atoms with E-state index in [-0.39, 0.29) is 11.7 Å². The molecule has 1 atom stereocenters. The van der Waals surface area contributed by atoms with Crippen molar-refractivity contribution in [2.45, 2.75) is 25.8 Å². The van der Waals surface area contributed by atoms with E-state index < -0.39 is 0 Å². The van der Waals surface area contributed by atoms with E-state index in [2.05, 4.69) is 28.1 Å². The molecule has 4 heteroatoms. The Balaban J connectivity index is 1.42. The van der Waals surface area contributed by atoms with E-state index in [4.69, 9.17) is 4.74 Å². The van der Waals surface area contributed by atoms with Gasteiger partial charge in [-0.3, -0.25) is 14.7 Å². The maximum atomic E-state index is 12.6. The summed E-state index contributed by atoms with van der Waals surface area (Å²) in [5, 5.41) is 0. The summed E-state index contributed by atoms with van der Waals surface area (Å²) in [5.74, 6) is 1.27. The maximum absolute atomic E-state index is 12.6. The van der Waals surface area contributed by atoms with Crippen LogP contribution in [0.5, 0.6) is 5.75 Å². The smallest absolute Gasteiger partial charge is 0.185 e. The van der Waals surface area contributed by atoms with Gasteiger partial charge in [0.1, 0.15) is 11.4 Å². The van der Waals surface area contributed by atoms with Gasteiger partial charge in [-0.2, -0.15) is 0 Å². The lowest BCUT2D eigenvalue weighted by Crippen LogP contribution is -2.38. The highest BCUT2D eigenvalue weighted by atomic mass is 16.5. The normalized spacial score (nSPS) is 20.4. The molecular formula is C20H22N2O2. The van der Waals surface area contributed by atoms with Crippen LogP contribution in [0.4, 0.5) is 0 Å².